The van der Waals surface area contributed by atoms with E-state index in [-0.39, 0.29) is 5.82 Å². The van der Waals surface area contributed by atoms with Gasteiger partial charge in [-0.1, -0.05) is 26.2 Å². The summed E-state index contributed by atoms with van der Waals surface area (Å²) in [5, 5.41) is 0. The van der Waals surface area contributed by atoms with Crippen LogP contribution in [0.1, 0.15) is 48.8 Å². The minimum Gasteiger partial charge on any atom is -0.363 e. The van der Waals surface area contributed by atoms with Gasteiger partial charge in [0, 0.05) is 12.4 Å². The fourth-order valence-electron chi connectivity index (χ4n) is 1.37. The van der Waals surface area contributed by atoms with E-state index in [1.807, 2.05) is 0 Å². The zero-order valence-electron chi connectivity index (χ0n) is 9.07. The maximum Gasteiger partial charge on any atom is 0.286 e. The predicted molar refractivity (Wildman–Crippen MR) is 58.4 cm³/mol. The summed E-state index contributed by atoms with van der Waals surface area (Å²) in [7, 11) is 0. The van der Waals surface area contributed by atoms with E-state index in [9.17, 15) is 4.79 Å². The molecule has 0 fully saturated rings. The van der Waals surface area contributed by atoms with Gasteiger partial charge in [0.1, 0.15) is 0 Å². The zero-order chi connectivity index (χ0) is 11.1. The van der Waals surface area contributed by atoms with Crippen LogP contribution >= 0.6 is 0 Å². The SMILES string of the molecule is CCCCCCc1cnc(C(N)=O)nc1. The molecule has 0 aromatic carbocycles. The number of nitrogens with two attached hydrogens (primary N) is 1. The van der Waals surface area contributed by atoms with Gasteiger partial charge in [-0.05, 0) is 18.4 Å². The topological polar surface area (TPSA) is 68.9 Å². The molecule has 1 aromatic rings. The highest BCUT2D eigenvalue weighted by molar-refractivity contribution is 5.88. The van der Waals surface area contributed by atoms with Crippen molar-refractivity contribution in [3.05, 3.63) is 23.8 Å². The van der Waals surface area contributed by atoms with Crippen LogP contribution in [-0.2, 0) is 6.42 Å². The maximum atomic E-state index is 10.7. The molecule has 0 saturated carbocycles. The largest absolute Gasteiger partial charge is 0.363 e. The summed E-state index contributed by atoms with van der Waals surface area (Å²) in [6.45, 7) is 2.19. The summed E-state index contributed by atoms with van der Waals surface area (Å²) in [5.74, 6) is -0.486. The van der Waals surface area contributed by atoms with Gasteiger partial charge in [0.15, 0.2) is 0 Å². The first-order valence-electron chi connectivity index (χ1n) is 5.34. The Morgan fingerprint density at radius 1 is 1.27 bits per heavy atom. The summed E-state index contributed by atoms with van der Waals surface area (Å²) in [6.07, 6.45) is 9.20. The Morgan fingerprint density at radius 2 is 1.93 bits per heavy atom. The van der Waals surface area contributed by atoms with Crippen LogP contribution in [0.2, 0.25) is 0 Å². The zero-order valence-corrected chi connectivity index (χ0v) is 9.07. The molecule has 1 rings (SSSR count). The van der Waals surface area contributed by atoms with E-state index in [0.717, 1.165) is 18.4 Å². The number of primary amides is 1. The van der Waals surface area contributed by atoms with Gasteiger partial charge < -0.3 is 5.73 Å². The quantitative estimate of drug-likeness (QED) is 0.722. The second-order valence-corrected chi connectivity index (χ2v) is 3.59. The Hall–Kier alpha value is -1.45. The van der Waals surface area contributed by atoms with Crippen LogP contribution < -0.4 is 5.73 Å². The lowest BCUT2D eigenvalue weighted by Crippen LogP contribution is -2.15. The maximum absolute atomic E-state index is 10.7. The average molecular weight is 207 g/mol. The number of rotatable bonds is 6. The van der Waals surface area contributed by atoms with Crippen molar-refractivity contribution in [3.8, 4) is 0 Å². The lowest BCUT2D eigenvalue weighted by atomic mass is 10.1. The highest BCUT2D eigenvalue weighted by Crippen LogP contribution is 2.05. The standard InChI is InChI=1S/C11H17N3O/c1-2-3-4-5-6-9-7-13-11(10(12)15)14-8-9/h7-8H,2-6H2,1H3,(H2,12,15). The van der Waals surface area contributed by atoms with Crippen molar-refractivity contribution in [2.45, 2.75) is 39.0 Å². The molecule has 0 atom stereocenters. The second-order valence-electron chi connectivity index (χ2n) is 3.59. The highest BCUT2D eigenvalue weighted by Gasteiger charge is 2.02. The minimum atomic E-state index is -0.576. The van der Waals surface area contributed by atoms with Gasteiger partial charge >= 0.3 is 0 Å². The molecule has 0 spiro atoms. The molecule has 0 aliphatic heterocycles. The normalized spacial score (nSPS) is 10.2. The highest BCUT2D eigenvalue weighted by atomic mass is 16.1. The third kappa shape index (κ3) is 4.06. The first-order chi connectivity index (χ1) is 7.24. The second kappa shape index (κ2) is 6.11. The Morgan fingerprint density at radius 3 is 2.47 bits per heavy atom. The van der Waals surface area contributed by atoms with Crippen LogP contribution in [0.3, 0.4) is 0 Å². The van der Waals surface area contributed by atoms with Gasteiger partial charge in [0.05, 0.1) is 0 Å². The molecule has 1 heterocycles. The molecule has 0 unspecified atom stereocenters. The fourth-order valence-corrected chi connectivity index (χ4v) is 1.37. The lowest BCUT2D eigenvalue weighted by Gasteiger charge is -2.00. The molecule has 0 bridgehead atoms. The molecule has 15 heavy (non-hydrogen) atoms. The number of amides is 1. The Balaban J connectivity index is 2.39. The van der Waals surface area contributed by atoms with E-state index in [4.69, 9.17) is 5.73 Å². The van der Waals surface area contributed by atoms with E-state index in [2.05, 4.69) is 16.9 Å². The number of aryl methyl sites for hydroxylation is 1. The van der Waals surface area contributed by atoms with Crippen molar-refractivity contribution in [1.82, 2.24) is 9.97 Å². The molecule has 0 aliphatic carbocycles. The number of carbonyl (C=O) groups excluding carboxylic acids is 1. The Bertz CT molecular complexity index is 308. The van der Waals surface area contributed by atoms with E-state index >= 15 is 0 Å². The summed E-state index contributed by atoms with van der Waals surface area (Å²) in [5.41, 5.74) is 6.11. The minimum absolute atomic E-state index is 0.0901. The third-order valence-corrected chi connectivity index (χ3v) is 2.24. The van der Waals surface area contributed by atoms with Gasteiger partial charge in [-0.3, -0.25) is 4.79 Å². The first kappa shape index (κ1) is 11.6. The predicted octanol–water partition coefficient (Wildman–Crippen LogP) is 1.70. The smallest absolute Gasteiger partial charge is 0.286 e. The van der Waals surface area contributed by atoms with Crippen molar-refractivity contribution in [2.75, 3.05) is 0 Å². The number of aromatic nitrogens is 2. The Kier molecular flexibility index (Phi) is 4.74. The summed E-state index contributed by atoms with van der Waals surface area (Å²) >= 11 is 0. The Labute approximate surface area is 89.9 Å². The lowest BCUT2D eigenvalue weighted by molar-refractivity contribution is 0.0990. The number of hydrogen-bond donors (Lipinski definition) is 1. The molecule has 0 radical (unpaired) electrons. The molecule has 0 saturated heterocycles. The van der Waals surface area contributed by atoms with Crippen molar-refractivity contribution in [1.29, 1.82) is 0 Å². The van der Waals surface area contributed by atoms with Gasteiger partial charge in [-0.25, -0.2) is 9.97 Å². The van der Waals surface area contributed by atoms with Crippen LogP contribution in [0.5, 0.6) is 0 Å². The fraction of sp³-hybridized carbons (Fsp3) is 0.545. The van der Waals surface area contributed by atoms with Crippen molar-refractivity contribution in [3.63, 3.8) is 0 Å². The number of unbranched alkanes of at least 4 members (excludes halogenated alkanes) is 3. The van der Waals surface area contributed by atoms with Gasteiger partial charge in [0.2, 0.25) is 5.82 Å². The number of carbonyl (C=O) groups is 1. The summed E-state index contributed by atoms with van der Waals surface area (Å²) in [4.78, 5) is 18.5. The van der Waals surface area contributed by atoms with Crippen molar-refractivity contribution >= 4 is 5.91 Å². The van der Waals surface area contributed by atoms with Crippen LogP contribution in [0.15, 0.2) is 12.4 Å². The monoisotopic (exact) mass is 207 g/mol. The number of hydrogen-bond acceptors (Lipinski definition) is 3. The van der Waals surface area contributed by atoms with E-state index in [0.29, 0.717) is 0 Å². The summed E-state index contributed by atoms with van der Waals surface area (Å²) < 4.78 is 0. The van der Waals surface area contributed by atoms with Gasteiger partial charge in [-0.15, -0.1) is 0 Å². The molecule has 0 aliphatic rings. The molecule has 1 amide bonds. The average Bonchev–Trinajstić information content (AvgIpc) is 2.25. The van der Waals surface area contributed by atoms with Crippen LogP contribution in [-0.4, -0.2) is 15.9 Å². The van der Waals surface area contributed by atoms with Crippen LogP contribution in [0, 0.1) is 0 Å². The van der Waals surface area contributed by atoms with Crippen LogP contribution in [0.4, 0.5) is 0 Å². The van der Waals surface area contributed by atoms with Gasteiger partial charge in [-0.2, -0.15) is 0 Å². The molecule has 1 aromatic heterocycles. The van der Waals surface area contributed by atoms with E-state index in [1.54, 1.807) is 12.4 Å². The number of nitrogens with zero attached hydrogens (tertiary/aromatic N) is 2. The molecule has 4 heteroatoms. The van der Waals surface area contributed by atoms with Crippen molar-refractivity contribution < 1.29 is 4.79 Å². The van der Waals surface area contributed by atoms with Crippen LogP contribution in [0.25, 0.3) is 0 Å². The molecule has 2 N–H and O–H groups in total. The van der Waals surface area contributed by atoms with E-state index < -0.39 is 5.91 Å². The molecule has 82 valence electrons. The first-order valence-corrected chi connectivity index (χ1v) is 5.34. The molecule has 4 nitrogen and oxygen atoms in total. The van der Waals surface area contributed by atoms with Crippen molar-refractivity contribution in [2.24, 2.45) is 5.73 Å². The molecular formula is C11H17N3O. The third-order valence-electron chi connectivity index (χ3n) is 2.24. The van der Waals surface area contributed by atoms with E-state index in [1.165, 1.54) is 19.3 Å². The van der Waals surface area contributed by atoms with Gasteiger partial charge in [0.25, 0.3) is 5.91 Å². The molecular weight excluding hydrogens is 190 g/mol. The summed E-state index contributed by atoms with van der Waals surface area (Å²) in [6, 6.07) is 0.